The van der Waals surface area contributed by atoms with Gasteiger partial charge in [-0.15, -0.1) is 11.3 Å². The Labute approximate surface area is 131 Å². The minimum atomic E-state index is -0.0176. The zero-order valence-corrected chi connectivity index (χ0v) is 13.4. The van der Waals surface area contributed by atoms with Crippen molar-refractivity contribution in [2.75, 3.05) is 44.3 Å². The van der Waals surface area contributed by atoms with E-state index in [0.717, 1.165) is 18.2 Å². The van der Waals surface area contributed by atoms with Gasteiger partial charge in [-0.25, -0.2) is 4.98 Å². The average Bonchev–Trinajstić information content (AvgIpc) is 2.91. The van der Waals surface area contributed by atoms with Crippen LogP contribution in [0.3, 0.4) is 0 Å². The third kappa shape index (κ3) is 3.38. The molecule has 8 heteroatoms. The molecule has 2 saturated heterocycles. The van der Waals surface area contributed by atoms with Crippen molar-refractivity contribution in [3.05, 3.63) is 11.1 Å². The Hall–Kier alpha value is -1.12. The van der Waals surface area contributed by atoms with Gasteiger partial charge in [0.1, 0.15) is 5.69 Å². The Morgan fingerprint density at radius 2 is 2.10 bits per heavy atom. The fourth-order valence-electron chi connectivity index (χ4n) is 2.34. The molecule has 114 valence electrons. The van der Waals surface area contributed by atoms with Crippen LogP contribution in [-0.2, 0) is 9.53 Å². The third-order valence-electron chi connectivity index (χ3n) is 3.46. The molecule has 2 aliphatic rings. The van der Waals surface area contributed by atoms with Gasteiger partial charge in [0.05, 0.1) is 13.2 Å². The van der Waals surface area contributed by atoms with Crippen molar-refractivity contribution in [3.63, 3.8) is 0 Å². The Morgan fingerprint density at radius 1 is 1.38 bits per heavy atom. The quantitative estimate of drug-likeness (QED) is 0.828. The number of thioether (sulfide) groups is 1. The monoisotopic (exact) mass is 327 g/mol. The summed E-state index contributed by atoms with van der Waals surface area (Å²) in [5.74, 6) is -0.0176. The van der Waals surface area contributed by atoms with Gasteiger partial charge >= 0.3 is 0 Å². The highest BCUT2D eigenvalue weighted by Gasteiger charge is 2.31. The van der Waals surface area contributed by atoms with Crippen LogP contribution >= 0.6 is 23.1 Å². The molecule has 1 aromatic heterocycles. The summed E-state index contributed by atoms with van der Waals surface area (Å²) in [6, 6.07) is 0. The molecule has 6 nitrogen and oxygen atoms in total. The summed E-state index contributed by atoms with van der Waals surface area (Å²) in [5, 5.41) is 3.19. The van der Waals surface area contributed by atoms with E-state index in [2.05, 4.69) is 9.88 Å². The lowest BCUT2D eigenvalue weighted by atomic mass is 10.2. The van der Waals surface area contributed by atoms with Crippen molar-refractivity contribution >= 4 is 39.3 Å². The SMILES string of the molecule is CC(=O)SC1CN(c2nc(C(=O)N3CCOCC3)cs2)C1. The van der Waals surface area contributed by atoms with Crippen molar-refractivity contribution in [1.82, 2.24) is 9.88 Å². The lowest BCUT2D eigenvalue weighted by Gasteiger charge is -2.37. The van der Waals surface area contributed by atoms with Crippen molar-refractivity contribution in [1.29, 1.82) is 0 Å². The number of hydrogen-bond donors (Lipinski definition) is 0. The molecule has 0 bridgehead atoms. The van der Waals surface area contributed by atoms with E-state index < -0.39 is 0 Å². The molecule has 2 aliphatic heterocycles. The highest BCUT2D eigenvalue weighted by atomic mass is 32.2. The molecular weight excluding hydrogens is 310 g/mol. The van der Waals surface area contributed by atoms with Gasteiger partial charge in [0.25, 0.3) is 5.91 Å². The van der Waals surface area contributed by atoms with Crippen molar-refractivity contribution in [2.24, 2.45) is 0 Å². The van der Waals surface area contributed by atoms with Crippen LogP contribution < -0.4 is 4.90 Å². The van der Waals surface area contributed by atoms with Crippen LogP contribution in [0.4, 0.5) is 5.13 Å². The average molecular weight is 327 g/mol. The Morgan fingerprint density at radius 3 is 2.76 bits per heavy atom. The van der Waals surface area contributed by atoms with Gasteiger partial charge < -0.3 is 14.5 Å². The molecule has 3 rings (SSSR count). The van der Waals surface area contributed by atoms with Gasteiger partial charge in [0.15, 0.2) is 10.2 Å². The second-order valence-corrected chi connectivity index (χ2v) is 7.37. The molecular formula is C13H17N3O3S2. The summed E-state index contributed by atoms with van der Waals surface area (Å²) in [7, 11) is 0. The molecule has 0 saturated carbocycles. The molecule has 0 unspecified atom stereocenters. The van der Waals surface area contributed by atoms with Crippen molar-refractivity contribution in [2.45, 2.75) is 12.2 Å². The van der Waals surface area contributed by atoms with Crippen molar-refractivity contribution < 1.29 is 14.3 Å². The summed E-state index contributed by atoms with van der Waals surface area (Å²) < 4.78 is 5.25. The molecule has 0 radical (unpaired) electrons. The lowest BCUT2D eigenvalue weighted by Crippen LogP contribution is -2.49. The minimum absolute atomic E-state index is 0.0176. The predicted molar refractivity (Wildman–Crippen MR) is 83.1 cm³/mol. The highest BCUT2D eigenvalue weighted by molar-refractivity contribution is 8.14. The summed E-state index contributed by atoms with van der Waals surface area (Å²) in [4.78, 5) is 31.7. The van der Waals surface area contributed by atoms with Crippen LogP contribution in [-0.4, -0.2) is 65.5 Å². The van der Waals surface area contributed by atoms with E-state index in [1.165, 1.54) is 23.1 Å². The molecule has 3 heterocycles. The molecule has 0 aliphatic carbocycles. The first-order chi connectivity index (χ1) is 10.1. The number of rotatable bonds is 3. The first kappa shape index (κ1) is 14.8. The molecule has 1 aromatic rings. The Kier molecular flexibility index (Phi) is 4.46. The van der Waals surface area contributed by atoms with Gasteiger partial charge in [0.2, 0.25) is 0 Å². The van der Waals surface area contributed by atoms with E-state index in [1.807, 2.05) is 5.38 Å². The maximum Gasteiger partial charge on any atom is 0.273 e. The van der Waals surface area contributed by atoms with Crippen LogP contribution in [0.2, 0.25) is 0 Å². The van der Waals surface area contributed by atoms with E-state index in [-0.39, 0.29) is 11.0 Å². The largest absolute Gasteiger partial charge is 0.378 e. The number of aromatic nitrogens is 1. The van der Waals surface area contributed by atoms with E-state index in [4.69, 9.17) is 4.74 Å². The molecule has 21 heavy (non-hydrogen) atoms. The topological polar surface area (TPSA) is 62.7 Å². The zero-order valence-electron chi connectivity index (χ0n) is 11.8. The molecule has 1 amide bonds. The van der Waals surface area contributed by atoms with Crippen LogP contribution in [0.5, 0.6) is 0 Å². The van der Waals surface area contributed by atoms with Crippen molar-refractivity contribution in [3.8, 4) is 0 Å². The Bertz CT molecular complexity index is 537. The molecule has 0 atom stereocenters. The first-order valence-corrected chi connectivity index (χ1v) is 8.64. The van der Waals surface area contributed by atoms with E-state index >= 15 is 0 Å². The smallest absolute Gasteiger partial charge is 0.273 e. The van der Waals surface area contributed by atoms with Crippen LogP contribution in [0.25, 0.3) is 0 Å². The molecule has 0 aromatic carbocycles. The standard InChI is InChI=1S/C13H17N3O3S2/c1-9(17)21-10-6-16(7-10)13-14-11(8-20-13)12(18)15-2-4-19-5-3-15/h8,10H,2-7H2,1H3. The maximum atomic E-state index is 12.3. The van der Waals surface area contributed by atoms with Gasteiger partial charge in [-0.05, 0) is 0 Å². The van der Waals surface area contributed by atoms with E-state index in [9.17, 15) is 9.59 Å². The number of thiazole rings is 1. The van der Waals surface area contributed by atoms with Gasteiger partial charge in [-0.1, -0.05) is 11.8 Å². The fourth-order valence-corrected chi connectivity index (χ4v) is 4.14. The highest BCUT2D eigenvalue weighted by Crippen LogP contribution is 2.30. The summed E-state index contributed by atoms with van der Waals surface area (Å²) >= 11 is 2.87. The molecule has 0 spiro atoms. The molecule has 0 N–H and O–H groups in total. The zero-order chi connectivity index (χ0) is 14.8. The summed E-state index contributed by atoms with van der Waals surface area (Å²) in [6.45, 7) is 5.69. The molecule has 2 fully saturated rings. The second-order valence-electron chi connectivity index (χ2n) is 5.06. The van der Waals surface area contributed by atoms with Gasteiger partial charge in [-0.3, -0.25) is 9.59 Å². The lowest BCUT2D eigenvalue weighted by molar-refractivity contribution is -0.109. The summed E-state index contributed by atoms with van der Waals surface area (Å²) in [5.41, 5.74) is 0.513. The van der Waals surface area contributed by atoms with Crippen LogP contribution in [0, 0.1) is 0 Å². The number of anilines is 1. The van der Waals surface area contributed by atoms with E-state index in [0.29, 0.717) is 37.2 Å². The second kappa shape index (κ2) is 6.33. The number of amides is 1. The predicted octanol–water partition coefficient (Wildman–Crippen LogP) is 1.08. The Balaban J connectivity index is 1.57. The number of hydrogen-bond acceptors (Lipinski definition) is 7. The number of ether oxygens (including phenoxy) is 1. The normalized spacial score (nSPS) is 19.5. The number of nitrogens with zero attached hydrogens (tertiary/aromatic N) is 3. The van der Waals surface area contributed by atoms with E-state index in [1.54, 1.807) is 11.8 Å². The number of morpholine rings is 1. The maximum absolute atomic E-state index is 12.3. The van der Waals surface area contributed by atoms with Gasteiger partial charge in [0, 0.05) is 43.7 Å². The number of carbonyl (C=O) groups excluding carboxylic acids is 2. The minimum Gasteiger partial charge on any atom is -0.378 e. The van der Waals surface area contributed by atoms with Crippen LogP contribution in [0.1, 0.15) is 17.4 Å². The third-order valence-corrected chi connectivity index (χ3v) is 5.33. The number of carbonyl (C=O) groups is 2. The van der Waals surface area contributed by atoms with Crippen LogP contribution in [0.15, 0.2) is 5.38 Å². The fraction of sp³-hybridized carbons (Fsp3) is 0.615. The first-order valence-electron chi connectivity index (χ1n) is 6.88. The summed E-state index contributed by atoms with van der Waals surface area (Å²) in [6.07, 6.45) is 0. The van der Waals surface area contributed by atoms with Gasteiger partial charge in [-0.2, -0.15) is 0 Å².